The fourth-order valence-electron chi connectivity index (χ4n) is 1.02. The SMILES string of the molecule is O=C1OC(C(O)CO)C(OP(=O)(O)O)=C1[O-].[Na+]. The first-order valence-electron chi connectivity index (χ1n) is 3.92. The molecule has 0 aliphatic carbocycles. The van der Waals surface area contributed by atoms with Crippen molar-refractivity contribution in [2.75, 3.05) is 6.61 Å². The van der Waals surface area contributed by atoms with Gasteiger partial charge < -0.3 is 24.6 Å². The number of aliphatic hydroxyl groups is 2. The molecule has 0 bridgehead atoms. The van der Waals surface area contributed by atoms with Gasteiger partial charge in [-0.1, -0.05) is 0 Å². The van der Waals surface area contributed by atoms with E-state index in [1.165, 1.54) is 0 Å². The molecule has 0 aromatic carbocycles. The van der Waals surface area contributed by atoms with Crippen molar-refractivity contribution in [2.24, 2.45) is 0 Å². The number of aliphatic hydroxyl groups excluding tert-OH is 2. The predicted octanol–water partition coefficient (Wildman–Crippen LogP) is -6.05. The van der Waals surface area contributed by atoms with Gasteiger partial charge in [-0.25, -0.2) is 9.36 Å². The molecule has 17 heavy (non-hydrogen) atoms. The molecule has 1 aliphatic rings. The second-order valence-corrected chi connectivity index (χ2v) is 4.01. The molecule has 1 heterocycles. The van der Waals surface area contributed by atoms with Gasteiger partial charge in [0.15, 0.2) is 11.9 Å². The third-order valence-corrected chi connectivity index (χ3v) is 2.09. The molecule has 0 saturated carbocycles. The maximum absolute atomic E-state index is 11.0. The van der Waals surface area contributed by atoms with E-state index in [0.29, 0.717) is 0 Å². The standard InChI is InChI=1S/C6H9O9P.Na/c7-1-2(8)4-5(15-16(11,12)13)3(9)6(10)14-4;/h2,4,7-9H,1H2,(H2,11,12,13);/q;+1/p-1. The van der Waals surface area contributed by atoms with E-state index in [0.717, 1.165) is 0 Å². The summed E-state index contributed by atoms with van der Waals surface area (Å²) < 4.78 is 18.7. The Labute approximate surface area is 117 Å². The summed E-state index contributed by atoms with van der Waals surface area (Å²) in [5.74, 6) is -3.83. The summed E-state index contributed by atoms with van der Waals surface area (Å²) in [5.41, 5.74) is 0. The second-order valence-electron chi connectivity index (χ2n) is 2.85. The molecule has 11 heteroatoms. The molecular formula is C6H8NaO9P. The zero-order chi connectivity index (χ0) is 12.5. The summed E-state index contributed by atoms with van der Waals surface area (Å²) in [6, 6.07) is 0. The number of ether oxygens (including phenoxy) is 1. The number of hydrogen-bond donors (Lipinski definition) is 4. The molecule has 2 atom stereocenters. The van der Waals surface area contributed by atoms with E-state index in [-0.39, 0.29) is 29.6 Å². The summed E-state index contributed by atoms with van der Waals surface area (Å²) in [5, 5.41) is 28.7. The molecule has 92 valence electrons. The Morgan fingerprint density at radius 2 is 2.06 bits per heavy atom. The average Bonchev–Trinajstić information content (AvgIpc) is 2.43. The van der Waals surface area contributed by atoms with Crippen molar-refractivity contribution >= 4 is 13.8 Å². The van der Waals surface area contributed by atoms with Gasteiger partial charge in [-0.15, -0.1) is 0 Å². The van der Waals surface area contributed by atoms with Gasteiger partial charge in [0.25, 0.3) is 0 Å². The number of rotatable bonds is 4. The second kappa shape index (κ2) is 6.17. The summed E-state index contributed by atoms with van der Waals surface area (Å²) in [6.07, 6.45) is -3.41. The van der Waals surface area contributed by atoms with Crippen molar-refractivity contribution in [1.82, 2.24) is 0 Å². The minimum absolute atomic E-state index is 0. The summed E-state index contributed by atoms with van der Waals surface area (Å²) >= 11 is 0. The van der Waals surface area contributed by atoms with E-state index in [4.69, 9.17) is 20.0 Å². The van der Waals surface area contributed by atoms with Crippen molar-refractivity contribution < 1.29 is 73.3 Å². The van der Waals surface area contributed by atoms with Gasteiger partial charge in [-0.3, -0.25) is 9.79 Å². The van der Waals surface area contributed by atoms with Crippen LogP contribution < -0.4 is 34.7 Å². The Bertz CT molecular complexity index is 374. The first-order valence-corrected chi connectivity index (χ1v) is 5.45. The van der Waals surface area contributed by atoms with Crippen LogP contribution in [0.4, 0.5) is 0 Å². The topological polar surface area (TPSA) is 157 Å². The molecule has 0 aromatic heterocycles. The maximum atomic E-state index is 11.0. The van der Waals surface area contributed by atoms with Crippen LogP contribution in [-0.2, 0) is 18.6 Å². The van der Waals surface area contributed by atoms with Crippen LogP contribution >= 0.6 is 7.82 Å². The Balaban J connectivity index is 0.00000256. The van der Waals surface area contributed by atoms with Crippen LogP contribution in [0.5, 0.6) is 0 Å². The number of carbonyl (C=O) groups is 1. The molecule has 1 aliphatic heterocycles. The zero-order valence-corrected chi connectivity index (χ0v) is 11.5. The molecule has 2 unspecified atom stereocenters. The average molecular weight is 278 g/mol. The molecule has 9 nitrogen and oxygen atoms in total. The fourth-order valence-corrected chi connectivity index (χ4v) is 1.47. The zero-order valence-electron chi connectivity index (χ0n) is 8.64. The quantitative estimate of drug-likeness (QED) is 0.223. The van der Waals surface area contributed by atoms with Crippen molar-refractivity contribution in [1.29, 1.82) is 0 Å². The van der Waals surface area contributed by atoms with Crippen LogP contribution in [0, 0.1) is 0 Å². The van der Waals surface area contributed by atoms with Crippen molar-refractivity contribution in [3.8, 4) is 0 Å². The Morgan fingerprint density at radius 1 is 1.53 bits per heavy atom. The summed E-state index contributed by atoms with van der Waals surface area (Å²) in [4.78, 5) is 27.7. The number of phosphoric ester groups is 1. The fraction of sp³-hybridized carbons (Fsp3) is 0.500. The minimum atomic E-state index is -5.05. The van der Waals surface area contributed by atoms with E-state index in [1.807, 2.05) is 0 Å². The molecular weight excluding hydrogens is 270 g/mol. The van der Waals surface area contributed by atoms with Crippen molar-refractivity contribution in [2.45, 2.75) is 12.2 Å². The molecule has 0 saturated heterocycles. The Morgan fingerprint density at radius 3 is 2.47 bits per heavy atom. The molecule has 0 amide bonds. The van der Waals surface area contributed by atoms with Gasteiger partial charge in [0.05, 0.1) is 6.61 Å². The van der Waals surface area contributed by atoms with Crippen molar-refractivity contribution in [3.63, 3.8) is 0 Å². The van der Waals surface area contributed by atoms with Crippen LogP contribution in [0.3, 0.4) is 0 Å². The van der Waals surface area contributed by atoms with E-state index >= 15 is 0 Å². The van der Waals surface area contributed by atoms with Crippen LogP contribution in [0.1, 0.15) is 0 Å². The number of phosphoric acid groups is 1. The first-order chi connectivity index (χ1) is 7.26. The number of carbonyl (C=O) groups excluding carboxylic acids is 1. The third-order valence-electron chi connectivity index (χ3n) is 1.66. The van der Waals surface area contributed by atoms with Gasteiger partial charge in [-0.2, -0.15) is 0 Å². The van der Waals surface area contributed by atoms with Gasteiger partial charge in [0, 0.05) is 5.76 Å². The Kier molecular flexibility index (Phi) is 6.12. The number of cyclic esters (lactones) is 1. The molecule has 1 rings (SSSR count). The van der Waals surface area contributed by atoms with Crippen LogP contribution in [0.25, 0.3) is 0 Å². The minimum Gasteiger partial charge on any atom is -0.865 e. The summed E-state index contributed by atoms with van der Waals surface area (Å²) in [6.45, 7) is -0.876. The molecule has 0 spiro atoms. The van der Waals surface area contributed by atoms with E-state index in [2.05, 4.69) is 9.26 Å². The molecule has 0 aromatic rings. The van der Waals surface area contributed by atoms with Crippen LogP contribution in [0.2, 0.25) is 0 Å². The van der Waals surface area contributed by atoms with E-state index < -0.39 is 44.1 Å². The van der Waals surface area contributed by atoms with E-state index in [9.17, 15) is 14.5 Å². The van der Waals surface area contributed by atoms with Gasteiger partial charge >= 0.3 is 43.3 Å². The monoisotopic (exact) mass is 278 g/mol. The normalized spacial score (nSPS) is 21.9. The van der Waals surface area contributed by atoms with Crippen LogP contribution in [0.15, 0.2) is 11.5 Å². The number of esters is 1. The first kappa shape index (κ1) is 16.9. The van der Waals surface area contributed by atoms with Crippen molar-refractivity contribution in [3.05, 3.63) is 11.5 Å². The maximum Gasteiger partial charge on any atom is 1.00 e. The summed E-state index contributed by atoms with van der Waals surface area (Å²) in [7, 11) is -5.05. The molecule has 4 N–H and O–H groups in total. The molecule has 0 fully saturated rings. The largest absolute Gasteiger partial charge is 1.00 e. The van der Waals surface area contributed by atoms with E-state index in [1.54, 1.807) is 0 Å². The van der Waals surface area contributed by atoms with Gasteiger partial charge in [0.1, 0.15) is 6.10 Å². The smallest absolute Gasteiger partial charge is 0.865 e. The predicted molar refractivity (Wildman–Crippen MR) is 43.1 cm³/mol. The molecule has 0 radical (unpaired) electrons. The third kappa shape index (κ3) is 4.23. The van der Waals surface area contributed by atoms with Crippen LogP contribution in [-0.4, -0.2) is 44.8 Å². The Hall–Kier alpha value is -0.120. The number of hydrogen-bond acceptors (Lipinski definition) is 7. The van der Waals surface area contributed by atoms with Gasteiger partial charge in [0.2, 0.25) is 0 Å². The van der Waals surface area contributed by atoms with Gasteiger partial charge in [-0.05, 0) is 0 Å².